The molecular formula is C8H20N2O. The van der Waals surface area contributed by atoms with E-state index in [4.69, 9.17) is 16.6 Å². The van der Waals surface area contributed by atoms with Crippen molar-refractivity contribution in [3.63, 3.8) is 0 Å². The fourth-order valence-electron chi connectivity index (χ4n) is 1.22. The zero-order valence-corrected chi connectivity index (χ0v) is 7.72. The minimum Gasteiger partial charge on any atom is -0.396 e. The van der Waals surface area contributed by atoms with E-state index in [9.17, 15) is 0 Å². The van der Waals surface area contributed by atoms with Gasteiger partial charge in [-0.25, -0.2) is 0 Å². The van der Waals surface area contributed by atoms with Crippen LogP contribution in [0.2, 0.25) is 0 Å². The summed E-state index contributed by atoms with van der Waals surface area (Å²) in [6.07, 6.45) is 0.743. The smallest absolute Gasteiger partial charge is 0.0482 e. The van der Waals surface area contributed by atoms with E-state index in [1.165, 1.54) is 0 Å². The fraction of sp³-hybridized carbons (Fsp3) is 1.00. The van der Waals surface area contributed by atoms with Crippen LogP contribution >= 0.6 is 0 Å². The van der Waals surface area contributed by atoms with Crippen molar-refractivity contribution in [1.82, 2.24) is 0 Å². The predicted molar refractivity (Wildman–Crippen MR) is 47.1 cm³/mol. The molecule has 0 heterocycles. The summed E-state index contributed by atoms with van der Waals surface area (Å²) in [5, 5.41) is 8.96. The molecule has 1 unspecified atom stereocenters. The molecule has 0 aromatic carbocycles. The highest BCUT2D eigenvalue weighted by Crippen LogP contribution is 2.24. The van der Waals surface area contributed by atoms with E-state index in [0.717, 1.165) is 6.42 Å². The van der Waals surface area contributed by atoms with Gasteiger partial charge in [0.2, 0.25) is 0 Å². The standard InChI is InChI=1S/C8H20N2O/c1-7(2,6-11)4-8(3,10)5-9/h11H,4-6,9-10H2,1-3H3. The molecule has 68 valence electrons. The molecule has 0 aliphatic heterocycles. The van der Waals surface area contributed by atoms with Crippen LogP contribution in [0.25, 0.3) is 0 Å². The van der Waals surface area contributed by atoms with Crippen molar-refractivity contribution >= 4 is 0 Å². The van der Waals surface area contributed by atoms with E-state index in [1.54, 1.807) is 0 Å². The lowest BCUT2D eigenvalue weighted by Gasteiger charge is -2.32. The zero-order valence-electron chi connectivity index (χ0n) is 7.72. The molecule has 3 nitrogen and oxygen atoms in total. The maximum atomic E-state index is 8.96. The van der Waals surface area contributed by atoms with E-state index >= 15 is 0 Å². The van der Waals surface area contributed by atoms with Crippen molar-refractivity contribution in [2.24, 2.45) is 16.9 Å². The van der Waals surface area contributed by atoms with Crippen molar-refractivity contribution in [1.29, 1.82) is 0 Å². The van der Waals surface area contributed by atoms with Crippen molar-refractivity contribution in [3.05, 3.63) is 0 Å². The molecule has 0 rings (SSSR count). The van der Waals surface area contributed by atoms with Crippen molar-refractivity contribution in [2.75, 3.05) is 13.2 Å². The third kappa shape index (κ3) is 4.35. The fourth-order valence-corrected chi connectivity index (χ4v) is 1.22. The van der Waals surface area contributed by atoms with E-state index in [-0.39, 0.29) is 17.6 Å². The van der Waals surface area contributed by atoms with Gasteiger partial charge in [0.25, 0.3) is 0 Å². The van der Waals surface area contributed by atoms with E-state index < -0.39 is 0 Å². The zero-order chi connectivity index (χ0) is 9.12. The molecule has 0 aromatic rings. The first-order valence-electron chi connectivity index (χ1n) is 3.93. The molecule has 0 saturated heterocycles. The number of hydrogen-bond donors (Lipinski definition) is 3. The monoisotopic (exact) mass is 160 g/mol. The molecule has 0 aliphatic carbocycles. The summed E-state index contributed by atoms with van der Waals surface area (Å²) in [6, 6.07) is 0. The summed E-state index contributed by atoms with van der Waals surface area (Å²) in [6.45, 7) is 6.47. The van der Waals surface area contributed by atoms with Crippen LogP contribution in [-0.4, -0.2) is 23.8 Å². The Balaban J connectivity index is 4.02. The molecule has 0 aromatic heterocycles. The second-order valence-corrected chi connectivity index (χ2v) is 4.36. The average Bonchev–Trinajstić information content (AvgIpc) is 1.86. The van der Waals surface area contributed by atoms with Crippen molar-refractivity contribution < 1.29 is 5.11 Å². The summed E-state index contributed by atoms with van der Waals surface area (Å²) in [4.78, 5) is 0. The number of aliphatic hydroxyl groups excluding tert-OH is 1. The van der Waals surface area contributed by atoms with Gasteiger partial charge in [-0.15, -0.1) is 0 Å². The highest BCUT2D eigenvalue weighted by molar-refractivity contribution is 4.86. The first-order chi connectivity index (χ1) is 4.83. The van der Waals surface area contributed by atoms with Crippen LogP contribution in [-0.2, 0) is 0 Å². The van der Waals surface area contributed by atoms with Gasteiger partial charge in [0.1, 0.15) is 0 Å². The average molecular weight is 160 g/mol. The topological polar surface area (TPSA) is 72.3 Å². The second-order valence-electron chi connectivity index (χ2n) is 4.36. The maximum Gasteiger partial charge on any atom is 0.0482 e. The Labute approximate surface area is 68.8 Å². The van der Waals surface area contributed by atoms with Gasteiger partial charge in [0.05, 0.1) is 0 Å². The first kappa shape index (κ1) is 10.9. The minimum atomic E-state index is -0.355. The Bertz CT molecular complexity index is 107. The number of nitrogens with two attached hydrogens (primary N) is 2. The quantitative estimate of drug-likeness (QED) is 0.545. The van der Waals surface area contributed by atoms with Gasteiger partial charge in [-0.2, -0.15) is 0 Å². The molecular weight excluding hydrogens is 140 g/mol. The van der Waals surface area contributed by atoms with Crippen LogP contribution < -0.4 is 11.5 Å². The largest absolute Gasteiger partial charge is 0.396 e. The maximum absolute atomic E-state index is 8.96. The summed E-state index contributed by atoms with van der Waals surface area (Å²) in [5.41, 5.74) is 10.8. The minimum absolute atomic E-state index is 0.122. The Hall–Kier alpha value is -0.120. The first-order valence-corrected chi connectivity index (χ1v) is 3.93. The van der Waals surface area contributed by atoms with Crippen molar-refractivity contribution in [3.8, 4) is 0 Å². The second kappa shape index (κ2) is 3.52. The number of aliphatic hydroxyl groups is 1. The third-order valence-electron chi connectivity index (χ3n) is 1.78. The lowest BCUT2D eigenvalue weighted by atomic mass is 9.80. The lowest BCUT2D eigenvalue weighted by molar-refractivity contribution is 0.126. The van der Waals surface area contributed by atoms with Gasteiger partial charge < -0.3 is 16.6 Å². The summed E-state index contributed by atoms with van der Waals surface area (Å²) < 4.78 is 0. The van der Waals surface area contributed by atoms with Crippen LogP contribution in [0.15, 0.2) is 0 Å². The third-order valence-corrected chi connectivity index (χ3v) is 1.78. The van der Waals surface area contributed by atoms with E-state index in [0.29, 0.717) is 6.54 Å². The van der Waals surface area contributed by atoms with E-state index in [1.807, 2.05) is 20.8 Å². The van der Waals surface area contributed by atoms with Crippen LogP contribution in [0, 0.1) is 5.41 Å². The molecule has 0 saturated carbocycles. The predicted octanol–water partition coefficient (Wildman–Crippen LogP) is 0.0711. The highest BCUT2D eigenvalue weighted by atomic mass is 16.3. The van der Waals surface area contributed by atoms with Gasteiger partial charge >= 0.3 is 0 Å². The highest BCUT2D eigenvalue weighted by Gasteiger charge is 2.27. The number of rotatable bonds is 4. The molecule has 1 atom stereocenters. The molecule has 0 spiro atoms. The van der Waals surface area contributed by atoms with Gasteiger partial charge in [0, 0.05) is 18.7 Å². The molecule has 0 amide bonds. The summed E-state index contributed by atoms with van der Waals surface area (Å²) in [7, 11) is 0. The van der Waals surface area contributed by atoms with Gasteiger partial charge in [0.15, 0.2) is 0 Å². The molecule has 0 fully saturated rings. The van der Waals surface area contributed by atoms with Crippen LogP contribution in [0.1, 0.15) is 27.2 Å². The lowest BCUT2D eigenvalue weighted by Crippen LogP contribution is -2.47. The summed E-state index contributed by atoms with van der Waals surface area (Å²) in [5.74, 6) is 0. The van der Waals surface area contributed by atoms with Gasteiger partial charge in [-0.3, -0.25) is 0 Å². The molecule has 0 bridgehead atoms. The van der Waals surface area contributed by atoms with Crippen LogP contribution in [0.3, 0.4) is 0 Å². The normalized spacial score (nSPS) is 18.0. The van der Waals surface area contributed by atoms with Crippen LogP contribution in [0.4, 0.5) is 0 Å². The SMILES string of the molecule is CC(C)(CO)CC(C)(N)CN. The van der Waals surface area contributed by atoms with Gasteiger partial charge in [-0.05, 0) is 18.8 Å². The molecule has 0 radical (unpaired) electrons. The van der Waals surface area contributed by atoms with E-state index in [2.05, 4.69) is 0 Å². The summed E-state index contributed by atoms with van der Waals surface area (Å²) >= 11 is 0. The molecule has 3 heteroatoms. The Morgan fingerprint density at radius 3 is 2.00 bits per heavy atom. The molecule has 0 aliphatic rings. The van der Waals surface area contributed by atoms with Crippen LogP contribution in [0.5, 0.6) is 0 Å². The van der Waals surface area contributed by atoms with Crippen molar-refractivity contribution in [2.45, 2.75) is 32.7 Å². The Morgan fingerprint density at radius 1 is 1.27 bits per heavy atom. The Morgan fingerprint density at radius 2 is 1.73 bits per heavy atom. The number of hydrogen-bond acceptors (Lipinski definition) is 3. The Kier molecular flexibility index (Phi) is 3.48. The molecule has 5 N–H and O–H groups in total. The molecule has 11 heavy (non-hydrogen) atoms. The van der Waals surface area contributed by atoms with Gasteiger partial charge in [-0.1, -0.05) is 13.8 Å².